The van der Waals surface area contributed by atoms with Crippen LogP contribution in [0.25, 0.3) is 0 Å². The zero-order valence-corrected chi connectivity index (χ0v) is 8.21. The predicted octanol–water partition coefficient (Wildman–Crippen LogP) is 0.895. The second-order valence-electron chi connectivity index (χ2n) is 2.97. The normalized spacial score (nSPS) is 12.4. The van der Waals surface area contributed by atoms with Crippen molar-refractivity contribution < 1.29 is 9.84 Å². The Labute approximate surface area is 86.8 Å². The SMILES string of the molecule is COc1cccnc1C(O)c1ncc[nH]1. The van der Waals surface area contributed by atoms with E-state index in [2.05, 4.69) is 15.0 Å². The average molecular weight is 205 g/mol. The highest BCUT2D eigenvalue weighted by Crippen LogP contribution is 2.25. The summed E-state index contributed by atoms with van der Waals surface area (Å²) in [6.45, 7) is 0. The zero-order chi connectivity index (χ0) is 10.7. The molecule has 15 heavy (non-hydrogen) atoms. The van der Waals surface area contributed by atoms with Crippen LogP contribution in [0.2, 0.25) is 0 Å². The molecule has 2 aromatic heterocycles. The van der Waals surface area contributed by atoms with Gasteiger partial charge in [0, 0.05) is 18.6 Å². The van der Waals surface area contributed by atoms with Crippen molar-refractivity contribution in [3.05, 3.63) is 42.2 Å². The number of H-pyrrole nitrogens is 1. The van der Waals surface area contributed by atoms with Crippen molar-refractivity contribution in [1.29, 1.82) is 0 Å². The van der Waals surface area contributed by atoms with Crippen molar-refractivity contribution in [2.24, 2.45) is 0 Å². The van der Waals surface area contributed by atoms with Gasteiger partial charge in [0.05, 0.1) is 7.11 Å². The third-order valence-corrected chi connectivity index (χ3v) is 2.06. The summed E-state index contributed by atoms with van der Waals surface area (Å²) < 4.78 is 5.10. The van der Waals surface area contributed by atoms with Gasteiger partial charge in [-0.15, -0.1) is 0 Å². The number of pyridine rings is 1. The van der Waals surface area contributed by atoms with Crippen LogP contribution in [0, 0.1) is 0 Å². The minimum absolute atomic E-state index is 0.451. The Kier molecular flexibility index (Phi) is 2.64. The Bertz CT molecular complexity index is 428. The first-order chi connectivity index (χ1) is 7.33. The minimum Gasteiger partial charge on any atom is -0.495 e. The van der Waals surface area contributed by atoms with Crippen LogP contribution in [0.1, 0.15) is 17.6 Å². The van der Waals surface area contributed by atoms with Gasteiger partial charge < -0.3 is 14.8 Å². The number of hydrogen-bond donors (Lipinski definition) is 2. The van der Waals surface area contributed by atoms with E-state index in [4.69, 9.17) is 4.74 Å². The molecule has 78 valence electrons. The number of aromatic amines is 1. The minimum atomic E-state index is -0.892. The Morgan fingerprint density at radius 1 is 1.40 bits per heavy atom. The van der Waals surface area contributed by atoms with E-state index in [1.807, 2.05) is 0 Å². The first-order valence-corrected chi connectivity index (χ1v) is 4.49. The number of aliphatic hydroxyl groups excluding tert-OH is 1. The molecule has 0 amide bonds. The molecule has 0 aliphatic carbocycles. The number of nitrogens with one attached hydrogen (secondary N) is 1. The molecule has 5 nitrogen and oxygen atoms in total. The first-order valence-electron chi connectivity index (χ1n) is 4.49. The van der Waals surface area contributed by atoms with Crippen LogP contribution in [-0.2, 0) is 0 Å². The van der Waals surface area contributed by atoms with Gasteiger partial charge in [-0.1, -0.05) is 0 Å². The van der Waals surface area contributed by atoms with Gasteiger partial charge >= 0.3 is 0 Å². The Hall–Kier alpha value is -1.88. The molecule has 2 heterocycles. The van der Waals surface area contributed by atoms with Gasteiger partial charge in [0.15, 0.2) is 6.10 Å². The van der Waals surface area contributed by atoms with Crippen LogP contribution in [0.4, 0.5) is 0 Å². The highest BCUT2D eigenvalue weighted by atomic mass is 16.5. The molecule has 0 saturated heterocycles. The lowest BCUT2D eigenvalue weighted by molar-refractivity contribution is 0.200. The molecule has 0 bridgehead atoms. The second kappa shape index (κ2) is 4.10. The first kappa shape index (κ1) is 9.67. The van der Waals surface area contributed by atoms with E-state index in [1.54, 1.807) is 30.7 Å². The van der Waals surface area contributed by atoms with Crippen molar-refractivity contribution in [3.63, 3.8) is 0 Å². The molecule has 0 spiro atoms. The fraction of sp³-hybridized carbons (Fsp3) is 0.200. The van der Waals surface area contributed by atoms with E-state index in [0.717, 1.165) is 0 Å². The topological polar surface area (TPSA) is 71.0 Å². The van der Waals surface area contributed by atoms with Crippen LogP contribution >= 0.6 is 0 Å². The second-order valence-corrected chi connectivity index (χ2v) is 2.97. The summed E-state index contributed by atoms with van der Waals surface area (Å²) in [5.74, 6) is 0.994. The molecule has 0 saturated carbocycles. The Balaban J connectivity index is 2.37. The summed E-state index contributed by atoms with van der Waals surface area (Å²) in [7, 11) is 1.54. The number of ether oxygens (including phenoxy) is 1. The van der Waals surface area contributed by atoms with E-state index >= 15 is 0 Å². The molecule has 0 aliphatic heterocycles. The van der Waals surface area contributed by atoms with Gasteiger partial charge in [-0.05, 0) is 12.1 Å². The van der Waals surface area contributed by atoms with Gasteiger partial charge in [-0.25, -0.2) is 4.98 Å². The largest absolute Gasteiger partial charge is 0.495 e. The lowest BCUT2D eigenvalue weighted by Gasteiger charge is -2.10. The molecule has 2 N–H and O–H groups in total. The fourth-order valence-corrected chi connectivity index (χ4v) is 1.34. The Morgan fingerprint density at radius 2 is 2.27 bits per heavy atom. The van der Waals surface area contributed by atoms with Crippen LogP contribution in [0.5, 0.6) is 5.75 Å². The number of rotatable bonds is 3. The maximum Gasteiger partial charge on any atom is 0.157 e. The maximum atomic E-state index is 9.96. The summed E-state index contributed by atoms with van der Waals surface area (Å²) in [6.07, 6.45) is 3.93. The smallest absolute Gasteiger partial charge is 0.157 e. The van der Waals surface area contributed by atoms with Crippen molar-refractivity contribution >= 4 is 0 Å². The highest BCUT2D eigenvalue weighted by Gasteiger charge is 2.18. The Morgan fingerprint density at radius 3 is 2.93 bits per heavy atom. The third kappa shape index (κ3) is 1.82. The molecule has 1 atom stereocenters. The lowest BCUT2D eigenvalue weighted by atomic mass is 10.2. The number of methoxy groups -OCH3 is 1. The van der Waals surface area contributed by atoms with Crippen LogP contribution in [0.15, 0.2) is 30.7 Å². The van der Waals surface area contributed by atoms with Crippen molar-refractivity contribution in [3.8, 4) is 5.75 Å². The van der Waals surface area contributed by atoms with Gasteiger partial charge in [-0.3, -0.25) is 4.98 Å². The molecule has 0 aliphatic rings. The van der Waals surface area contributed by atoms with E-state index in [-0.39, 0.29) is 0 Å². The molecular formula is C10H11N3O2. The fourth-order valence-electron chi connectivity index (χ4n) is 1.34. The van der Waals surface area contributed by atoms with Gasteiger partial charge in [0.25, 0.3) is 0 Å². The lowest BCUT2D eigenvalue weighted by Crippen LogP contribution is -2.06. The standard InChI is InChI=1S/C10H11N3O2/c1-15-7-3-2-4-11-8(7)9(14)10-12-5-6-13-10/h2-6,9,14H,1H3,(H,12,13). The van der Waals surface area contributed by atoms with Crippen LogP contribution in [-0.4, -0.2) is 27.2 Å². The quantitative estimate of drug-likeness (QED) is 0.780. The summed E-state index contributed by atoms with van der Waals surface area (Å²) in [5, 5.41) is 9.96. The zero-order valence-electron chi connectivity index (χ0n) is 8.21. The van der Waals surface area contributed by atoms with E-state index < -0.39 is 6.10 Å². The molecule has 2 aromatic rings. The molecule has 0 aromatic carbocycles. The number of imidazole rings is 1. The van der Waals surface area contributed by atoms with E-state index in [1.165, 1.54) is 7.11 Å². The average Bonchev–Trinajstić information content (AvgIpc) is 2.81. The van der Waals surface area contributed by atoms with E-state index in [0.29, 0.717) is 17.3 Å². The van der Waals surface area contributed by atoms with Crippen LogP contribution in [0.3, 0.4) is 0 Å². The predicted molar refractivity (Wildman–Crippen MR) is 53.4 cm³/mol. The molecule has 0 radical (unpaired) electrons. The van der Waals surface area contributed by atoms with Crippen molar-refractivity contribution in [1.82, 2.24) is 15.0 Å². The van der Waals surface area contributed by atoms with Crippen molar-refractivity contribution in [2.45, 2.75) is 6.10 Å². The molecular weight excluding hydrogens is 194 g/mol. The van der Waals surface area contributed by atoms with Crippen LogP contribution < -0.4 is 4.74 Å². The highest BCUT2D eigenvalue weighted by molar-refractivity contribution is 5.31. The third-order valence-electron chi connectivity index (χ3n) is 2.06. The molecule has 2 rings (SSSR count). The van der Waals surface area contributed by atoms with Gasteiger partial charge in [-0.2, -0.15) is 0 Å². The monoisotopic (exact) mass is 205 g/mol. The summed E-state index contributed by atoms with van der Waals surface area (Å²) in [5.41, 5.74) is 0.454. The number of aliphatic hydroxyl groups is 1. The van der Waals surface area contributed by atoms with Gasteiger partial charge in [0.2, 0.25) is 0 Å². The number of hydrogen-bond acceptors (Lipinski definition) is 4. The van der Waals surface area contributed by atoms with Gasteiger partial charge in [0.1, 0.15) is 17.3 Å². The molecule has 1 unspecified atom stereocenters. The summed E-state index contributed by atoms with van der Waals surface area (Å²) in [6, 6.07) is 3.49. The van der Waals surface area contributed by atoms with Crippen molar-refractivity contribution in [2.75, 3.05) is 7.11 Å². The van der Waals surface area contributed by atoms with E-state index in [9.17, 15) is 5.11 Å². The summed E-state index contributed by atoms with van der Waals surface area (Å²) in [4.78, 5) is 10.9. The summed E-state index contributed by atoms with van der Waals surface area (Å²) >= 11 is 0. The number of aromatic nitrogens is 3. The molecule has 0 fully saturated rings. The maximum absolute atomic E-state index is 9.96. The number of nitrogens with zero attached hydrogens (tertiary/aromatic N) is 2. The molecule has 5 heteroatoms.